The zero-order chi connectivity index (χ0) is 8.43. The highest BCUT2D eigenvalue weighted by Crippen LogP contribution is 2.19. The number of nitrogens with zero attached hydrogens (tertiary/aromatic N) is 2. The number of hydrogen-bond donors (Lipinski definition) is 1. The minimum atomic E-state index is 0.132. The lowest BCUT2D eigenvalue weighted by Gasteiger charge is -2.09. The summed E-state index contributed by atoms with van der Waals surface area (Å²) in [5.74, 6) is 0.639. The molecule has 11 heavy (non-hydrogen) atoms. The second-order valence-electron chi connectivity index (χ2n) is 2.70. The maximum absolute atomic E-state index is 5.58. The van der Waals surface area contributed by atoms with Gasteiger partial charge in [-0.1, -0.05) is 0 Å². The van der Waals surface area contributed by atoms with Crippen molar-refractivity contribution < 1.29 is 4.74 Å². The van der Waals surface area contributed by atoms with Gasteiger partial charge in [0, 0.05) is 7.05 Å². The molecule has 0 unspecified atom stereocenters. The maximum Gasteiger partial charge on any atom is 0.235 e. The molecule has 0 aliphatic rings. The fraction of sp³-hybridized carbons (Fsp3) is 0.571. The van der Waals surface area contributed by atoms with E-state index >= 15 is 0 Å². The number of aromatic nitrogens is 2. The third-order valence-corrected chi connectivity index (χ3v) is 1.26. The first-order chi connectivity index (χ1) is 5.11. The van der Waals surface area contributed by atoms with Gasteiger partial charge in [-0.25, -0.2) is 4.68 Å². The van der Waals surface area contributed by atoms with Crippen LogP contribution in [0.2, 0.25) is 0 Å². The molecule has 0 saturated heterocycles. The van der Waals surface area contributed by atoms with Gasteiger partial charge in [0.25, 0.3) is 0 Å². The normalized spacial score (nSPS) is 10.5. The van der Waals surface area contributed by atoms with Crippen molar-refractivity contribution in [3.8, 4) is 5.88 Å². The van der Waals surface area contributed by atoms with Crippen LogP contribution in [0.1, 0.15) is 13.8 Å². The summed E-state index contributed by atoms with van der Waals surface area (Å²) in [5, 5.41) is 3.94. The van der Waals surface area contributed by atoms with Crippen molar-refractivity contribution in [1.29, 1.82) is 0 Å². The van der Waals surface area contributed by atoms with Crippen molar-refractivity contribution in [2.45, 2.75) is 20.0 Å². The zero-order valence-corrected chi connectivity index (χ0v) is 7.03. The van der Waals surface area contributed by atoms with Gasteiger partial charge >= 0.3 is 0 Å². The van der Waals surface area contributed by atoms with Crippen LogP contribution in [0, 0.1) is 0 Å². The lowest BCUT2D eigenvalue weighted by atomic mass is 10.5. The number of nitrogen functional groups attached to an aromatic ring is 1. The molecular weight excluding hydrogens is 142 g/mol. The smallest absolute Gasteiger partial charge is 0.235 e. The fourth-order valence-electron chi connectivity index (χ4n) is 0.811. The Morgan fingerprint density at radius 2 is 2.27 bits per heavy atom. The summed E-state index contributed by atoms with van der Waals surface area (Å²) < 4.78 is 7.01. The van der Waals surface area contributed by atoms with Crippen LogP contribution in [-0.4, -0.2) is 15.9 Å². The molecule has 0 fully saturated rings. The molecular formula is C7H13N3O. The Kier molecular flexibility index (Phi) is 2.03. The summed E-state index contributed by atoms with van der Waals surface area (Å²) in [6.07, 6.45) is 1.71. The molecule has 2 N–H and O–H groups in total. The van der Waals surface area contributed by atoms with Gasteiger partial charge in [-0.3, -0.25) is 0 Å². The minimum absolute atomic E-state index is 0.132. The molecule has 0 amide bonds. The van der Waals surface area contributed by atoms with Crippen molar-refractivity contribution >= 4 is 5.69 Å². The van der Waals surface area contributed by atoms with E-state index in [0.29, 0.717) is 11.6 Å². The molecule has 0 aromatic carbocycles. The van der Waals surface area contributed by atoms with Crippen LogP contribution in [0.15, 0.2) is 6.20 Å². The van der Waals surface area contributed by atoms with Crippen LogP contribution < -0.4 is 10.5 Å². The van der Waals surface area contributed by atoms with Gasteiger partial charge in [0.1, 0.15) is 5.69 Å². The lowest BCUT2D eigenvalue weighted by molar-refractivity contribution is 0.223. The molecule has 0 aliphatic heterocycles. The molecule has 1 rings (SSSR count). The van der Waals surface area contributed by atoms with Gasteiger partial charge in [0.2, 0.25) is 5.88 Å². The largest absolute Gasteiger partial charge is 0.474 e. The van der Waals surface area contributed by atoms with E-state index in [1.807, 2.05) is 13.8 Å². The van der Waals surface area contributed by atoms with E-state index in [1.54, 1.807) is 17.9 Å². The molecule has 0 saturated carbocycles. The molecule has 1 aromatic rings. The zero-order valence-electron chi connectivity index (χ0n) is 7.03. The monoisotopic (exact) mass is 155 g/mol. The van der Waals surface area contributed by atoms with Crippen LogP contribution in [0.25, 0.3) is 0 Å². The first-order valence-corrected chi connectivity index (χ1v) is 3.55. The quantitative estimate of drug-likeness (QED) is 0.687. The molecule has 4 heteroatoms. The number of rotatable bonds is 2. The third-order valence-electron chi connectivity index (χ3n) is 1.26. The predicted octanol–water partition coefficient (Wildman–Crippen LogP) is 0.790. The molecule has 1 heterocycles. The van der Waals surface area contributed by atoms with Crippen molar-refractivity contribution in [2.75, 3.05) is 5.73 Å². The molecule has 0 aliphatic carbocycles. The van der Waals surface area contributed by atoms with Crippen molar-refractivity contribution in [3.05, 3.63) is 6.20 Å². The van der Waals surface area contributed by atoms with Crippen LogP contribution >= 0.6 is 0 Å². The Hall–Kier alpha value is -1.19. The third kappa shape index (κ3) is 1.63. The van der Waals surface area contributed by atoms with E-state index in [9.17, 15) is 0 Å². The van der Waals surface area contributed by atoms with E-state index in [0.717, 1.165) is 0 Å². The Balaban J connectivity index is 2.83. The number of ether oxygens (including phenoxy) is 1. The SMILES string of the molecule is CC(C)Oc1c(N)cnn1C. The average molecular weight is 155 g/mol. The summed E-state index contributed by atoms with van der Waals surface area (Å²) in [6, 6.07) is 0. The van der Waals surface area contributed by atoms with E-state index in [4.69, 9.17) is 10.5 Å². The number of anilines is 1. The number of hydrogen-bond acceptors (Lipinski definition) is 3. The van der Waals surface area contributed by atoms with E-state index < -0.39 is 0 Å². The topological polar surface area (TPSA) is 53.1 Å². The highest BCUT2D eigenvalue weighted by atomic mass is 16.5. The molecule has 62 valence electrons. The van der Waals surface area contributed by atoms with Crippen LogP contribution in [-0.2, 0) is 7.05 Å². The van der Waals surface area contributed by atoms with Crippen LogP contribution in [0.5, 0.6) is 5.88 Å². The van der Waals surface area contributed by atoms with Crippen molar-refractivity contribution in [1.82, 2.24) is 9.78 Å². The molecule has 0 radical (unpaired) electrons. The summed E-state index contributed by atoms with van der Waals surface area (Å²) in [5.41, 5.74) is 6.17. The van der Waals surface area contributed by atoms with E-state index in [2.05, 4.69) is 5.10 Å². The highest BCUT2D eigenvalue weighted by Gasteiger charge is 2.07. The summed E-state index contributed by atoms with van der Waals surface area (Å²) in [6.45, 7) is 3.90. The molecule has 0 bridgehead atoms. The maximum atomic E-state index is 5.58. The molecule has 4 nitrogen and oxygen atoms in total. The second-order valence-corrected chi connectivity index (χ2v) is 2.70. The lowest BCUT2D eigenvalue weighted by Crippen LogP contribution is -2.10. The van der Waals surface area contributed by atoms with Gasteiger partial charge in [-0.2, -0.15) is 5.10 Å². The van der Waals surface area contributed by atoms with Gasteiger partial charge < -0.3 is 10.5 Å². The van der Waals surface area contributed by atoms with Gasteiger partial charge in [-0.15, -0.1) is 0 Å². The highest BCUT2D eigenvalue weighted by molar-refractivity contribution is 5.46. The van der Waals surface area contributed by atoms with Crippen molar-refractivity contribution in [3.63, 3.8) is 0 Å². The number of aryl methyl sites for hydroxylation is 1. The molecule has 1 aromatic heterocycles. The Bertz CT molecular complexity index is 222. The summed E-state index contributed by atoms with van der Waals surface area (Å²) >= 11 is 0. The van der Waals surface area contributed by atoms with Crippen LogP contribution in [0.4, 0.5) is 5.69 Å². The molecule has 0 spiro atoms. The average Bonchev–Trinajstić information content (AvgIpc) is 2.18. The Labute approximate surface area is 66.0 Å². The summed E-state index contributed by atoms with van der Waals surface area (Å²) in [4.78, 5) is 0. The predicted molar refractivity (Wildman–Crippen MR) is 43.4 cm³/mol. The van der Waals surface area contributed by atoms with Gasteiger partial charge in [0.05, 0.1) is 12.3 Å². The minimum Gasteiger partial charge on any atom is -0.474 e. The van der Waals surface area contributed by atoms with E-state index in [1.165, 1.54) is 0 Å². The summed E-state index contributed by atoms with van der Waals surface area (Å²) in [7, 11) is 1.80. The van der Waals surface area contributed by atoms with Crippen molar-refractivity contribution in [2.24, 2.45) is 7.05 Å². The first-order valence-electron chi connectivity index (χ1n) is 3.55. The second kappa shape index (κ2) is 2.82. The van der Waals surface area contributed by atoms with Gasteiger partial charge in [0.15, 0.2) is 0 Å². The van der Waals surface area contributed by atoms with Gasteiger partial charge in [-0.05, 0) is 13.8 Å². The first kappa shape index (κ1) is 7.91. The number of nitrogens with two attached hydrogens (primary N) is 1. The van der Waals surface area contributed by atoms with E-state index in [-0.39, 0.29) is 6.10 Å². The standard InChI is InChI=1S/C7H13N3O/c1-5(2)11-7-6(8)4-9-10(7)3/h4-5H,8H2,1-3H3. The van der Waals surface area contributed by atoms with Crippen LogP contribution in [0.3, 0.4) is 0 Å². The Morgan fingerprint density at radius 1 is 1.64 bits per heavy atom. The molecule has 0 atom stereocenters. The fourth-order valence-corrected chi connectivity index (χ4v) is 0.811. The Morgan fingerprint density at radius 3 is 2.64 bits per heavy atom.